The van der Waals surface area contributed by atoms with Crippen LogP contribution in [0.5, 0.6) is 0 Å². The van der Waals surface area contributed by atoms with E-state index >= 15 is 0 Å². The molecular formula is C27H28ClN3O2. The molecular weight excluding hydrogens is 434 g/mol. The molecule has 3 aromatic rings. The lowest BCUT2D eigenvalue weighted by Gasteiger charge is -2.36. The molecule has 1 saturated heterocycles. The number of rotatable bonds is 7. The second-order valence-corrected chi connectivity index (χ2v) is 8.69. The monoisotopic (exact) mass is 461 g/mol. The highest BCUT2D eigenvalue weighted by molar-refractivity contribution is 6.30. The van der Waals surface area contributed by atoms with Crippen LogP contribution in [0.1, 0.15) is 36.8 Å². The summed E-state index contributed by atoms with van der Waals surface area (Å²) >= 11 is 6.11. The molecule has 0 spiro atoms. The molecule has 1 fully saturated rings. The van der Waals surface area contributed by atoms with Gasteiger partial charge in [0.2, 0.25) is 5.91 Å². The third-order valence-corrected chi connectivity index (χ3v) is 6.16. The predicted octanol–water partition coefficient (Wildman–Crippen LogP) is 6.30. The highest BCUT2D eigenvalue weighted by atomic mass is 35.5. The van der Waals surface area contributed by atoms with Gasteiger partial charge in [-0.05, 0) is 54.3 Å². The Labute approximate surface area is 200 Å². The summed E-state index contributed by atoms with van der Waals surface area (Å²) in [6.45, 7) is 3.87. The average Bonchev–Trinajstić information content (AvgIpc) is 2.82. The first-order valence-corrected chi connectivity index (χ1v) is 11.7. The van der Waals surface area contributed by atoms with Crippen molar-refractivity contribution >= 4 is 34.9 Å². The summed E-state index contributed by atoms with van der Waals surface area (Å²) in [5, 5.41) is 3.70. The van der Waals surface area contributed by atoms with Crippen molar-refractivity contribution in [1.29, 1.82) is 0 Å². The Morgan fingerprint density at radius 1 is 1.00 bits per heavy atom. The van der Waals surface area contributed by atoms with Crippen LogP contribution in [0.2, 0.25) is 5.02 Å². The lowest BCUT2D eigenvalue weighted by atomic mass is 9.95. The largest absolute Gasteiger partial charge is 0.325 e. The molecule has 1 atom stereocenters. The van der Waals surface area contributed by atoms with E-state index in [0.717, 1.165) is 23.2 Å². The number of hydrogen-bond donors (Lipinski definition) is 1. The number of amides is 3. The maximum Gasteiger partial charge on any atom is 0.324 e. The summed E-state index contributed by atoms with van der Waals surface area (Å²) < 4.78 is 0. The molecule has 0 bridgehead atoms. The summed E-state index contributed by atoms with van der Waals surface area (Å²) in [5.74, 6) is -0.270. The third kappa shape index (κ3) is 5.55. The van der Waals surface area contributed by atoms with Crippen LogP contribution in [-0.4, -0.2) is 29.9 Å². The average molecular weight is 462 g/mol. The fraction of sp³-hybridized carbons (Fsp3) is 0.259. The van der Waals surface area contributed by atoms with Gasteiger partial charge in [0.05, 0.1) is 5.92 Å². The summed E-state index contributed by atoms with van der Waals surface area (Å²) in [6.07, 6.45) is 1.58. The van der Waals surface area contributed by atoms with Gasteiger partial charge in [-0.25, -0.2) is 4.79 Å². The molecule has 1 aliphatic rings. The molecule has 5 nitrogen and oxygen atoms in total. The smallest absolute Gasteiger partial charge is 0.324 e. The van der Waals surface area contributed by atoms with Crippen molar-refractivity contribution in [2.45, 2.75) is 32.2 Å². The highest BCUT2D eigenvalue weighted by Crippen LogP contribution is 2.26. The normalized spacial score (nSPS) is 14.8. The number of carbonyl (C=O) groups excluding carboxylic acids is 2. The lowest BCUT2D eigenvalue weighted by molar-refractivity contribution is -0.117. The Balaban J connectivity index is 1.47. The van der Waals surface area contributed by atoms with Crippen LogP contribution >= 0.6 is 11.6 Å². The number of halogens is 1. The number of carbonyl (C=O) groups is 2. The minimum Gasteiger partial charge on any atom is -0.325 e. The molecule has 6 heteroatoms. The van der Waals surface area contributed by atoms with Crippen LogP contribution in [0.3, 0.4) is 0 Å². The van der Waals surface area contributed by atoms with Crippen molar-refractivity contribution < 1.29 is 9.59 Å². The van der Waals surface area contributed by atoms with E-state index in [0.29, 0.717) is 36.8 Å². The van der Waals surface area contributed by atoms with Crippen LogP contribution in [0, 0.1) is 0 Å². The van der Waals surface area contributed by atoms with Crippen LogP contribution in [0.4, 0.5) is 16.2 Å². The number of anilines is 2. The molecule has 33 heavy (non-hydrogen) atoms. The molecule has 1 aliphatic heterocycles. The quantitative estimate of drug-likeness (QED) is 0.448. The van der Waals surface area contributed by atoms with Crippen molar-refractivity contribution in [3.8, 4) is 0 Å². The van der Waals surface area contributed by atoms with Gasteiger partial charge in [0, 0.05) is 36.0 Å². The van der Waals surface area contributed by atoms with Crippen molar-refractivity contribution in [3.05, 3.63) is 95.0 Å². The molecule has 4 rings (SSSR count). The molecule has 0 aliphatic carbocycles. The van der Waals surface area contributed by atoms with E-state index in [1.807, 2.05) is 90.7 Å². The molecule has 3 amide bonds. The summed E-state index contributed by atoms with van der Waals surface area (Å²) in [6, 6.07) is 24.9. The van der Waals surface area contributed by atoms with Crippen molar-refractivity contribution in [2.75, 3.05) is 23.3 Å². The van der Waals surface area contributed by atoms with E-state index < -0.39 is 0 Å². The van der Waals surface area contributed by atoms with Gasteiger partial charge in [0.1, 0.15) is 0 Å². The van der Waals surface area contributed by atoms with Crippen LogP contribution in [-0.2, 0) is 11.3 Å². The van der Waals surface area contributed by atoms with Gasteiger partial charge < -0.3 is 10.2 Å². The molecule has 0 saturated carbocycles. The van der Waals surface area contributed by atoms with Gasteiger partial charge in [-0.2, -0.15) is 0 Å². The summed E-state index contributed by atoms with van der Waals surface area (Å²) in [7, 11) is 0. The summed E-state index contributed by atoms with van der Waals surface area (Å²) in [5.41, 5.74) is 3.47. The molecule has 1 N–H and O–H groups in total. The number of nitrogens with one attached hydrogen (secondary N) is 1. The minimum atomic E-state index is -0.223. The SMILES string of the molecule is CCC(C(=O)Nc1cccc(N2CCCN(Cc3cccc(Cl)c3)C2=O)c1)c1ccccc1. The van der Waals surface area contributed by atoms with E-state index in [1.165, 1.54) is 0 Å². The van der Waals surface area contributed by atoms with Gasteiger partial charge >= 0.3 is 6.03 Å². The standard InChI is InChI=1S/C27H28ClN3O2/c1-2-25(21-10-4-3-5-11-21)26(32)29-23-13-7-14-24(18-23)31-16-8-15-30(27(31)33)19-20-9-6-12-22(28)17-20/h3-7,9-14,17-18,25H,2,8,15-16,19H2,1H3,(H,29,32). The first-order valence-electron chi connectivity index (χ1n) is 11.3. The molecule has 0 aromatic heterocycles. The van der Waals surface area contributed by atoms with Crippen molar-refractivity contribution in [3.63, 3.8) is 0 Å². The van der Waals surface area contributed by atoms with Gasteiger partial charge in [-0.1, -0.05) is 67.1 Å². The van der Waals surface area contributed by atoms with E-state index in [-0.39, 0.29) is 17.9 Å². The topological polar surface area (TPSA) is 52.7 Å². The zero-order valence-corrected chi connectivity index (χ0v) is 19.5. The van der Waals surface area contributed by atoms with Gasteiger partial charge in [-0.15, -0.1) is 0 Å². The minimum absolute atomic E-state index is 0.0413. The van der Waals surface area contributed by atoms with E-state index in [1.54, 1.807) is 4.90 Å². The van der Waals surface area contributed by atoms with E-state index in [9.17, 15) is 9.59 Å². The van der Waals surface area contributed by atoms with Gasteiger partial charge in [-0.3, -0.25) is 9.69 Å². The lowest BCUT2D eigenvalue weighted by Crippen LogP contribution is -2.49. The highest BCUT2D eigenvalue weighted by Gasteiger charge is 2.27. The Morgan fingerprint density at radius 2 is 1.79 bits per heavy atom. The molecule has 1 unspecified atom stereocenters. The number of benzene rings is 3. The first-order chi connectivity index (χ1) is 16.0. The fourth-order valence-electron chi connectivity index (χ4n) is 4.26. The molecule has 1 heterocycles. The Bertz CT molecular complexity index is 1120. The van der Waals surface area contributed by atoms with E-state index in [4.69, 9.17) is 11.6 Å². The second-order valence-electron chi connectivity index (χ2n) is 8.25. The van der Waals surface area contributed by atoms with Crippen LogP contribution in [0.15, 0.2) is 78.9 Å². The zero-order chi connectivity index (χ0) is 23.2. The Kier molecular flexibility index (Phi) is 7.30. The zero-order valence-electron chi connectivity index (χ0n) is 18.7. The van der Waals surface area contributed by atoms with Gasteiger partial charge in [0.15, 0.2) is 0 Å². The third-order valence-electron chi connectivity index (χ3n) is 5.93. The first kappa shape index (κ1) is 22.9. The molecule has 0 radical (unpaired) electrons. The summed E-state index contributed by atoms with van der Waals surface area (Å²) in [4.78, 5) is 29.8. The van der Waals surface area contributed by atoms with Gasteiger partial charge in [0.25, 0.3) is 0 Å². The molecule has 170 valence electrons. The van der Waals surface area contributed by atoms with Crippen molar-refractivity contribution in [2.24, 2.45) is 0 Å². The second kappa shape index (κ2) is 10.5. The predicted molar refractivity (Wildman–Crippen MR) is 134 cm³/mol. The number of hydrogen-bond acceptors (Lipinski definition) is 2. The van der Waals surface area contributed by atoms with E-state index in [2.05, 4.69) is 5.32 Å². The van der Waals surface area contributed by atoms with Crippen LogP contribution in [0.25, 0.3) is 0 Å². The molecule has 3 aromatic carbocycles. The Hall–Kier alpha value is -3.31. The van der Waals surface area contributed by atoms with Crippen molar-refractivity contribution in [1.82, 2.24) is 4.90 Å². The maximum absolute atomic E-state index is 13.2. The Morgan fingerprint density at radius 3 is 2.55 bits per heavy atom. The maximum atomic E-state index is 13.2. The number of urea groups is 1. The fourth-order valence-corrected chi connectivity index (χ4v) is 4.48. The van der Waals surface area contributed by atoms with Crippen LogP contribution < -0.4 is 10.2 Å². The number of nitrogens with zero attached hydrogens (tertiary/aromatic N) is 2.